The molecule has 5 heteroatoms. The van der Waals surface area contributed by atoms with Crippen molar-refractivity contribution in [2.45, 2.75) is 6.42 Å². The van der Waals surface area contributed by atoms with E-state index in [1.54, 1.807) is 37.4 Å². The van der Waals surface area contributed by atoms with Gasteiger partial charge in [0.1, 0.15) is 0 Å². The first-order valence-electron chi connectivity index (χ1n) is 6.34. The van der Waals surface area contributed by atoms with Crippen LogP contribution in [0.3, 0.4) is 0 Å². The van der Waals surface area contributed by atoms with Gasteiger partial charge in [0, 0.05) is 29.7 Å². The minimum Gasteiger partial charge on any atom is -0.478 e. The van der Waals surface area contributed by atoms with Gasteiger partial charge in [0.2, 0.25) is 0 Å². The van der Waals surface area contributed by atoms with E-state index in [0.717, 1.165) is 5.56 Å². The first kappa shape index (κ1) is 15.1. The molecule has 0 bridgehead atoms. The van der Waals surface area contributed by atoms with Crippen molar-refractivity contribution in [3.63, 3.8) is 0 Å². The van der Waals surface area contributed by atoms with E-state index in [9.17, 15) is 9.59 Å². The number of carboxylic acids is 1. The van der Waals surface area contributed by atoms with Crippen LogP contribution in [-0.2, 0) is 6.42 Å². The van der Waals surface area contributed by atoms with Gasteiger partial charge in [-0.2, -0.15) is 0 Å². The first-order chi connectivity index (χ1) is 10.0. The minimum absolute atomic E-state index is 0.0912. The lowest BCUT2D eigenvalue weighted by Gasteiger charge is -2.09. The zero-order valence-electron chi connectivity index (χ0n) is 11.4. The molecule has 0 aliphatic heterocycles. The van der Waals surface area contributed by atoms with Crippen LogP contribution in [0.1, 0.15) is 26.3 Å². The molecule has 2 rings (SSSR count). The van der Waals surface area contributed by atoms with Gasteiger partial charge < -0.3 is 10.4 Å². The Bertz CT molecular complexity index is 680. The summed E-state index contributed by atoms with van der Waals surface area (Å²) in [7, 11) is 1.69. The molecule has 0 saturated carbocycles. The Labute approximate surface area is 127 Å². The van der Waals surface area contributed by atoms with Gasteiger partial charge in [-0.05, 0) is 35.9 Å². The second-order valence-electron chi connectivity index (χ2n) is 4.54. The molecule has 0 aliphatic carbocycles. The van der Waals surface area contributed by atoms with Crippen LogP contribution in [0, 0.1) is 0 Å². The number of ketones is 1. The SMILES string of the molecule is CNc1ccc(C(=O)O)cc1C(=O)Cc1ccc(Cl)cc1. The average molecular weight is 304 g/mol. The number of benzene rings is 2. The molecule has 0 fully saturated rings. The monoisotopic (exact) mass is 303 g/mol. The maximum Gasteiger partial charge on any atom is 0.335 e. The second-order valence-corrected chi connectivity index (χ2v) is 4.98. The fourth-order valence-corrected chi connectivity index (χ4v) is 2.13. The van der Waals surface area contributed by atoms with Gasteiger partial charge in [0.05, 0.1) is 5.56 Å². The molecule has 0 atom stereocenters. The normalized spacial score (nSPS) is 10.2. The molecule has 2 aromatic carbocycles. The van der Waals surface area contributed by atoms with Crippen molar-refractivity contribution in [1.82, 2.24) is 0 Å². The van der Waals surface area contributed by atoms with Crippen molar-refractivity contribution in [3.05, 3.63) is 64.2 Å². The highest BCUT2D eigenvalue weighted by Gasteiger charge is 2.14. The Kier molecular flexibility index (Phi) is 4.60. The summed E-state index contributed by atoms with van der Waals surface area (Å²) in [5, 5.41) is 12.5. The standard InChI is InChI=1S/C16H14ClNO3/c1-18-14-7-4-11(16(20)21)9-13(14)15(19)8-10-2-5-12(17)6-3-10/h2-7,9,18H,8H2,1H3,(H,20,21). The average Bonchev–Trinajstić information content (AvgIpc) is 2.48. The predicted molar refractivity (Wildman–Crippen MR) is 82.4 cm³/mol. The van der Waals surface area contributed by atoms with Crippen molar-refractivity contribution in [1.29, 1.82) is 0 Å². The third-order valence-electron chi connectivity index (χ3n) is 3.11. The Hall–Kier alpha value is -2.33. The summed E-state index contributed by atoms with van der Waals surface area (Å²) in [6.07, 6.45) is 0.189. The van der Waals surface area contributed by atoms with Gasteiger partial charge >= 0.3 is 5.97 Å². The van der Waals surface area contributed by atoms with Gasteiger partial charge in [-0.15, -0.1) is 0 Å². The summed E-state index contributed by atoms with van der Waals surface area (Å²) in [5.41, 5.74) is 1.90. The van der Waals surface area contributed by atoms with Gasteiger partial charge in [-0.1, -0.05) is 23.7 Å². The highest BCUT2D eigenvalue weighted by molar-refractivity contribution is 6.30. The molecule has 0 aromatic heterocycles. The number of hydrogen-bond donors (Lipinski definition) is 2. The van der Waals surface area contributed by atoms with E-state index in [1.807, 2.05) is 0 Å². The summed E-state index contributed by atoms with van der Waals surface area (Å²) >= 11 is 5.81. The van der Waals surface area contributed by atoms with Crippen molar-refractivity contribution in [3.8, 4) is 0 Å². The number of halogens is 1. The summed E-state index contributed by atoms with van der Waals surface area (Å²) in [4.78, 5) is 23.4. The van der Waals surface area contributed by atoms with E-state index in [0.29, 0.717) is 16.3 Å². The first-order valence-corrected chi connectivity index (χ1v) is 6.72. The van der Waals surface area contributed by atoms with Crippen LogP contribution < -0.4 is 5.32 Å². The van der Waals surface area contributed by atoms with E-state index < -0.39 is 5.97 Å². The highest BCUT2D eigenvalue weighted by Crippen LogP contribution is 2.20. The number of aromatic carboxylic acids is 1. The number of carbonyl (C=O) groups is 2. The molecule has 0 aliphatic rings. The Morgan fingerprint density at radius 3 is 2.38 bits per heavy atom. The zero-order valence-corrected chi connectivity index (χ0v) is 12.1. The van der Waals surface area contributed by atoms with E-state index in [1.165, 1.54) is 12.1 Å². The van der Waals surface area contributed by atoms with Crippen LogP contribution in [0.25, 0.3) is 0 Å². The van der Waals surface area contributed by atoms with E-state index >= 15 is 0 Å². The van der Waals surface area contributed by atoms with E-state index in [-0.39, 0.29) is 17.8 Å². The molecular weight excluding hydrogens is 290 g/mol. The van der Waals surface area contributed by atoms with Gasteiger partial charge in [-0.3, -0.25) is 4.79 Å². The van der Waals surface area contributed by atoms with Crippen molar-refractivity contribution >= 4 is 29.0 Å². The second kappa shape index (κ2) is 6.41. The molecule has 0 radical (unpaired) electrons. The molecular formula is C16H14ClNO3. The van der Waals surface area contributed by atoms with Crippen molar-refractivity contribution in [2.24, 2.45) is 0 Å². The number of carbonyl (C=O) groups excluding carboxylic acids is 1. The van der Waals surface area contributed by atoms with Crippen LogP contribution in [0.4, 0.5) is 5.69 Å². The maximum absolute atomic E-state index is 12.4. The number of anilines is 1. The third kappa shape index (κ3) is 3.61. The van der Waals surface area contributed by atoms with E-state index in [4.69, 9.17) is 16.7 Å². The van der Waals surface area contributed by atoms with Crippen LogP contribution >= 0.6 is 11.6 Å². The molecule has 21 heavy (non-hydrogen) atoms. The molecule has 2 aromatic rings. The van der Waals surface area contributed by atoms with Gasteiger partial charge in [0.25, 0.3) is 0 Å². The zero-order chi connectivity index (χ0) is 15.4. The fourth-order valence-electron chi connectivity index (χ4n) is 2.01. The largest absolute Gasteiger partial charge is 0.478 e. The lowest BCUT2D eigenvalue weighted by Crippen LogP contribution is -2.09. The number of hydrogen-bond acceptors (Lipinski definition) is 3. The van der Waals surface area contributed by atoms with E-state index in [2.05, 4.69) is 5.32 Å². The van der Waals surface area contributed by atoms with Crippen LogP contribution in [0.15, 0.2) is 42.5 Å². The molecule has 4 nitrogen and oxygen atoms in total. The molecule has 108 valence electrons. The molecule has 0 spiro atoms. The van der Waals surface area contributed by atoms with Crippen molar-refractivity contribution < 1.29 is 14.7 Å². The molecule has 0 heterocycles. The molecule has 0 unspecified atom stereocenters. The van der Waals surface area contributed by atoms with Gasteiger partial charge in [-0.25, -0.2) is 4.79 Å². The number of nitrogens with one attached hydrogen (secondary N) is 1. The highest BCUT2D eigenvalue weighted by atomic mass is 35.5. The number of Topliss-reactive ketones (excluding diaryl/α,β-unsaturated/α-hetero) is 1. The summed E-state index contributed by atoms with van der Waals surface area (Å²) in [6, 6.07) is 11.5. The van der Waals surface area contributed by atoms with Crippen LogP contribution in [0.2, 0.25) is 5.02 Å². The molecule has 0 amide bonds. The van der Waals surface area contributed by atoms with Crippen LogP contribution in [-0.4, -0.2) is 23.9 Å². The summed E-state index contributed by atoms with van der Waals surface area (Å²) in [6.45, 7) is 0. The Morgan fingerprint density at radius 2 is 1.81 bits per heavy atom. The molecule has 0 saturated heterocycles. The van der Waals surface area contributed by atoms with Crippen LogP contribution in [0.5, 0.6) is 0 Å². The number of rotatable bonds is 5. The maximum atomic E-state index is 12.4. The topological polar surface area (TPSA) is 66.4 Å². The smallest absolute Gasteiger partial charge is 0.335 e. The minimum atomic E-state index is -1.06. The fraction of sp³-hybridized carbons (Fsp3) is 0.125. The third-order valence-corrected chi connectivity index (χ3v) is 3.37. The summed E-state index contributed by atoms with van der Waals surface area (Å²) < 4.78 is 0. The lowest BCUT2D eigenvalue weighted by atomic mass is 9.99. The van der Waals surface area contributed by atoms with Crippen molar-refractivity contribution in [2.75, 3.05) is 12.4 Å². The summed E-state index contributed by atoms with van der Waals surface area (Å²) in [5.74, 6) is -1.21. The Balaban J connectivity index is 2.30. The predicted octanol–water partition coefficient (Wildman–Crippen LogP) is 3.51. The Morgan fingerprint density at radius 1 is 1.14 bits per heavy atom. The molecule has 2 N–H and O–H groups in total. The quantitative estimate of drug-likeness (QED) is 0.830. The number of carboxylic acid groups (broad SMARTS) is 1. The van der Waals surface area contributed by atoms with Gasteiger partial charge in [0.15, 0.2) is 5.78 Å². The lowest BCUT2D eigenvalue weighted by molar-refractivity contribution is 0.0697.